The van der Waals surface area contributed by atoms with Gasteiger partial charge < -0.3 is 9.47 Å². The van der Waals surface area contributed by atoms with E-state index in [1.54, 1.807) is 32.9 Å². The van der Waals surface area contributed by atoms with Crippen molar-refractivity contribution in [3.05, 3.63) is 29.8 Å². The van der Waals surface area contributed by atoms with E-state index in [1.807, 2.05) is 0 Å². The van der Waals surface area contributed by atoms with E-state index in [4.69, 9.17) is 13.7 Å². The Morgan fingerprint density at radius 2 is 1.61 bits per heavy atom. The summed E-state index contributed by atoms with van der Waals surface area (Å²) in [5.41, 5.74) is 0.873. The lowest BCUT2D eigenvalue weighted by molar-refractivity contribution is -0.157. The maximum Gasteiger partial charge on any atom is 0.337 e. The molecule has 1 aromatic carbocycles. The number of aryl methyl sites for hydroxylation is 1. The summed E-state index contributed by atoms with van der Waals surface area (Å²) < 4.78 is 38.8. The highest BCUT2D eigenvalue weighted by Gasteiger charge is 2.31. The highest BCUT2D eigenvalue weighted by atomic mass is 32.2. The second kappa shape index (κ2) is 8.64. The van der Waals surface area contributed by atoms with E-state index in [9.17, 15) is 18.0 Å². The number of carbonyl (C=O) groups excluding carboxylic acids is 2. The van der Waals surface area contributed by atoms with Crippen molar-refractivity contribution in [3.63, 3.8) is 0 Å². The van der Waals surface area contributed by atoms with Crippen molar-refractivity contribution in [1.82, 2.24) is 0 Å². The minimum Gasteiger partial charge on any atom is -0.466 e. The Balaban J connectivity index is 2.96. The van der Waals surface area contributed by atoms with Gasteiger partial charge in [-0.2, -0.15) is 8.42 Å². The molecule has 0 aliphatic heterocycles. The maximum absolute atomic E-state index is 12.2. The van der Waals surface area contributed by atoms with E-state index in [0.29, 0.717) is 0 Å². The molecule has 0 bridgehead atoms. The van der Waals surface area contributed by atoms with Gasteiger partial charge in [-0.3, -0.25) is 8.98 Å². The van der Waals surface area contributed by atoms with Gasteiger partial charge in [0.1, 0.15) is 0 Å². The number of hydrogen-bond acceptors (Lipinski definition) is 7. The van der Waals surface area contributed by atoms with Gasteiger partial charge in [-0.05, 0) is 32.9 Å². The van der Waals surface area contributed by atoms with E-state index < -0.39 is 34.6 Å². The Hall–Kier alpha value is -1.93. The van der Waals surface area contributed by atoms with Crippen LogP contribution in [-0.4, -0.2) is 39.7 Å². The summed E-state index contributed by atoms with van der Waals surface area (Å²) in [4.78, 5) is 23.2. The summed E-state index contributed by atoms with van der Waals surface area (Å²) in [5, 5.41) is 0. The molecule has 0 spiro atoms. The molecule has 0 heterocycles. The average Bonchev–Trinajstić information content (AvgIpc) is 2.47. The quantitative estimate of drug-likeness (QED) is 0.522. The Labute approximate surface area is 135 Å². The van der Waals surface area contributed by atoms with Gasteiger partial charge in [-0.15, -0.1) is 0 Å². The van der Waals surface area contributed by atoms with Crippen LogP contribution in [0.2, 0.25) is 0 Å². The number of ether oxygens (including phenoxy) is 2. The van der Waals surface area contributed by atoms with E-state index in [0.717, 1.165) is 5.56 Å². The smallest absolute Gasteiger partial charge is 0.337 e. The molecule has 0 saturated heterocycles. The molecule has 0 aliphatic carbocycles. The third-order valence-electron chi connectivity index (χ3n) is 2.76. The third kappa shape index (κ3) is 5.99. The maximum atomic E-state index is 12.2. The molecule has 1 rings (SSSR count). The van der Waals surface area contributed by atoms with Crippen LogP contribution >= 0.6 is 0 Å². The molecular weight excluding hydrogens is 324 g/mol. The molecule has 1 aromatic rings. The summed E-state index contributed by atoms with van der Waals surface area (Å²) in [7, 11) is -4.21. The molecule has 0 saturated carbocycles. The molecule has 128 valence electrons. The third-order valence-corrected chi connectivity index (χ3v) is 4.09. The van der Waals surface area contributed by atoms with Gasteiger partial charge >= 0.3 is 11.9 Å². The molecule has 0 aromatic heterocycles. The zero-order chi connectivity index (χ0) is 17.5. The molecule has 23 heavy (non-hydrogen) atoms. The summed E-state index contributed by atoms with van der Waals surface area (Å²) in [6.45, 7) is 5.11. The van der Waals surface area contributed by atoms with Gasteiger partial charge in [0.15, 0.2) is 6.10 Å². The minimum atomic E-state index is -4.21. The highest BCUT2D eigenvalue weighted by molar-refractivity contribution is 7.86. The SMILES string of the molecule is CCOC(=O)C[C@H](OS(=O)(=O)c1ccc(C)cc1)C(=O)OCC. The highest BCUT2D eigenvalue weighted by Crippen LogP contribution is 2.17. The Kier molecular flexibility index (Phi) is 7.18. The molecule has 1 atom stereocenters. The van der Waals surface area contributed by atoms with Crippen LogP contribution in [0.3, 0.4) is 0 Å². The first kappa shape index (κ1) is 19.1. The van der Waals surface area contributed by atoms with Crippen LogP contribution < -0.4 is 0 Å². The number of rotatable bonds is 8. The molecular formula is C15H20O7S. The van der Waals surface area contributed by atoms with Crippen LogP contribution in [0.1, 0.15) is 25.8 Å². The van der Waals surface area contributed by atoms with Crippen molar-refractivity contribution in [2.75, 3.05) is 13.2 Å². The lowest BCUT2D eigenvalue weighted by Gasteiger charge is -2.15. The molecule has 0 fully saturated rings. The van der Waals surface area contributed by atoms with Crippen molar-refractivity contribution in [1.29, 1.82) is 0 Å². The monoisotopic (exact) mass is 344 g/mol. The van der Waals surface area contributed by atoms with Gasteiger partial charge in [0.2, 0.25) is 0 Å². The van der Waals surface area contributed by atoms with Crippen molar-refractivity contribution in [3.8, 4) is 0 Å². The summed E-state index contributed by atoms with van der Waals surface area (Å²) in [5.74, 6) is -1.68. The van der Waals surface area contributed by atoms with Crippen molar-refractivity contribution >= 4 is 22.1 Å². The number of carbonyl (C=O) groups is 2. The number of hydrogen-bond donors (Lipinski definition) is 0. The van der Waals surface area contributed by atoms with E-state index in [1.165, 1.54) is 12.1 Å². The zero-order valence-corrected chi connectivity index (χ0v) is 14.1. The number of esters is 2. The Bertz CT molecular complexity index is 634. The van der Waals surface area contributed by atoms with Gasteiger partial charge in [-0.1, -0.05) is 17.7 Å². The van der Waals surface area contributed by atoms with E-state index in [-0.39, 0.29) is 18.1 Å². The van der Waals surface area contributed by atoms with Gasteiger partial charge in [0, 0.05) is 0 Å². The van der Waals surface area contributed by atoms with Crippen LogP contribution in [0.5, 0.6) is 0 Å². The van der Waals surface area contributed by atoms with Gasteiger partial charge in [-0.25, -0.2) is 4.79 Å². The van der Waals surface area contributed by atoms with Crippen molar-refractivity contribution in [2.24, 2.45) is 0 Å². The predicted molar refractivity (Wildman–Crippen MR) is 81.1 cm³/mol. The largest absolute Gasteiger partial charge is 0.466 e. The average molecular weight is 344 g/mol. The molecule has 0 unspecified atom stereocenters. The summed E-state index contributed by atoms with van der Waals surface area (Å²) >= 11 is 0. The fourth-order valence-electron chi connectivity index (χ4n) is 1.68. The first-order valence-corrected chi connectivity index (χ1v) is 8.53. The Morgan fingerprint density at radius 1 is 1.04 bits per heavy atom. The molecule has 0 N–H and O–H groups in total. The van der Waals surface area contributed by atoms with Crippen molar-refractivity contribution in [2.45, 2.75) is 38.2 Å². The van der Waals surface area contributed by atoms with Gasteiger partial charge in [0.05, 0.1) is 24.5 Å². The van der Waals surface area contributed by atoms with Crippen LogP contribution in [0.25, 0.3) is 0 Å². The molecule has 8 heteroatoms. The molecule has 0 radical (unpaired) electrons. The van der Waals surface area contributed by atoms with Crippen LogP contribution in [0, 0.1) is 6.92 Å². The first-order chi connectivity index (χ1) is 10.8. The molecule has 7 nitrogen and oxygen atoms in total. The lowest BCUT2D eigenvalue weighted by atomic mass is 10.2. The number of benzene rings is 1. The fraction of sp³-hybridized carbons (Fsp3) is 0.467. The van der Waals surface area contributed by atoms with Crippen molar-refractivity contribution < 1.29 is 31.7 Å². The van der Waals surface area contributed by atoms with Crippen LogP contribution in [0.4, 0.5) is 0 Å². The predicted octanol–water partition coefficient (Wildman–Crippen LogP) is 1.59. The normalized spacial score (nSPS) is 12.5. The fourth-order valence-corrected chi connectivity index (χ4v) is 2.71. The molecule has 0 amide bonds. The zero-order valence-electron chi connectivity index (χ0n) is 13.3. The summed E-state index contributed by atoms with van der Waals surface area (Å²) in [6.07, 6.45) is -2.13. The Morgan fingerprint density at radius 3 is 2.13 bits per heavy atom. The summed E-state index contributed by atoms with van der Waals surface area (Å²) in [6, 6.07) is 5.91. The van der Waals surface area contributed by atoms with Crippen LogP contribution in [0.15, 0.2) is 29.2 Å². The first-order valence-electron chi connectivity index (χ1n) is 7.12. The van der Waals surface area contributed by atoms with Crippen LogP contribution in [-0.2, 0) is 33.4 Å². The standard InChI is InChI=1S/C15H20O7S/c1-4-20-14(16)10-13(15(17)21-5-2)22-23(18,19)12-8-6-11(3)7-9-12/h6-9,13H,4-5,10H2,1-3H3/t13-/m0/s1. The second-order valence-corrected chi connectivity index (χ2v) is 6.19. The topological polar surface area (TPSA) is 96.0 Å². The van der Waals surface area contributed by atoms with E-state index >= 15 is 0 Å². The lowest BCUT2D eigenvalue weighted by Crippen LogP contribution is -2.32. The van der Waals surface area contributed by atoms with Gasteiger partial charge in [0.25, 0.3) is 10.1 Å². The van der Waals surface area contributed by atoms with E-state index in [2.05, 4.69) is 0 Å². The molecule has 0 aliphatic rings. The minimum absolute atomic E-state index is 0.0338. The second-order valence-electron chi connectivity index (χ2n) is 4.61.